The van der Waals surface area contributed by atoms with Crippen molar-refractivity contribution in [2.45, 2.75) is 64.7 Å². The van der Waals surface area contributed by atoms with Gasteiger partial charge in [-0.3, -0.25) is 9.80 Å². The summed E-state index contributed by atoms with van der Waals surface area (Å²) < 4.78 is 0. The van der Waals surface area contributed by atoms with Gasteiger partial charge in [0.2, 0.25) is 0 Å². The molecule has 3 aliphatic rings. The van der Waals surface area contributed by atoms with Crippen LogP contribution in [-0.2, 0) is 4.79 Å². The number of rotatable bonds is 6. The predicted octanol–water partition coefficient (Wildman–Crippen LogP) is 8.70. The highest BCUT2D eigenvalue weighted by atomic mass is 35.5. The van der Waals surface area contributed by atoms with E-state index in [2.05, 4.69) is 61.3 Å². The molecule has 1 unspecified atom stereocenters. The average molecular weight is 536 g/mol. The molecule has 0 spiro atoms. The Labute approximate surface area is 231 Å². The molecule has 2 aliphatic heterocycles. The van der Waals surface area contributed by atoms with Crippen LogP contribution in [0.15, 0.2) is 65.3 Å². The van der Waals surface area contributed by atoms with Gasteiger partial charge in [-0.05, 0) is 79.0 Å². The van der Waals surface area contributed by atoms with Crippen molar-refractivity contribution >= 4 is 40.8 Å². The third kappa shape index (κ3) is 5.46. The zero-order valence-corrected chi connectivity index (χ0v) is 23.4. The monoisotopic (exact) mass is 534 g/mol. The predicted molar refractivity (Wildman–Crippen MR) is 156 cm³/mol. The first-order valence-corrected chi connectivity index (χ1v) is 14.4. The molecule has 0 aromatic heterocycles. The Bertz CT molecular complexity index is 1250. The molecule has 1 amide bonds. The smallest absolute Gasteiger partial charge is 0.268 e. The van der Waals surface area contributed by atoms with Crippen LogP contribution in [0.3, 0.4) is 0 Å². The number of nitrogens with zero attached hydrogens (tertiary/aromatic N) is 2. The maximum absolute atomic E-state index is 13.9. The van der Waals surface area contributed by atoms with E-state index in [9.17, 15) is 4.79 Å². The first-order chi connectivity index (χ1) is 18.0. The van der Waals surface area contributed by atoms with Crippen molar-refractivity contribution in [1.82, 2.24) is 10.0 Å². The minimum Gasteiger partial charge on any atom is -0.271 e. The fourth-order valence-electron chi connectivity index (χ4n) is 6.14. The Morgan fingerprint density at radius 2 is 1.76 bits per heavy atom. The molecule has 0 N–H and O–H groups in total. The molecule has 3 nitrogen and oxygen atoms in total. The standard InChI is InChI=1S/C32H36Cl2N2O/c1-3-4-6-9-23-10-12-24(13-11-23)30-22(2)31-25(20-28(30)27-15-14-26(33)21-29(27)34)16-19-36(32(31)37)35-17-7-5-8-18-35/h6,9-15,21,28H,3-5,7-8,16-20H2,1-2H3/b9-6+. The zero-order valence-electron chi connectivity index (χ0n) is 21.9. The van der Waals surface area contributed by atoms with Crippen LogP contribution in [-0.4, -0.2) is 35.6 Å². The summed E-state index contributed by atoms with van der Waals surface area (Å²) >= 11 is 13.0. The van der Waals surface area contributed by atoms with Crippen LogP contribution in [0.4, 0.5) is 0 Å². The van der Waals surface area contributed by atoms with Gasteiger partial charge in [-0.15, -0.1) is 0 Å². The highest BCUT2D eigenvalue weighted by molar-refractivity contribution is 6.35. The number of piperidine rings is 1. The van der Waals surface area contributed by atoms with Gasteiger partial charge >= 0.3 is 0 Å². The summed E-state index contributed by atoms with van der Waals surface area (Å²) in [5.41, 5.74) is 7.87. The van der Waals surface area contributed by atoms with Gasteiger partial charge in [-0.25, -0.2) is 5.01 Å². The molecule has 0 saturated carbocycles. The van der Waals surface area contributed by atoms with Gasteiger partial charge in [0.15, 0.2) is 0 Å². The van der Waals surface area contributed by atoms with Gasteiger partial charge in [0.05, 0.1) is 0 Å². The Morgan fingerprint density at radius 3 is 2.46 bits per heavy atom. The zero-order chi connectivity index (χ0) is 25.9. The number of unbranched alkanes of at least 4 members (excludes halogenated alkanes) is 1. The van der Waals surface area contributed by atoms with E-state index in [0.717, 1.165) is 80.4 Å². The van der Waals surface area contributed by atoms with Crippen LogP contribution in [0.2, 0.25) is 10.0 Å². The number of carbonyl (C=O) groups is 1. The van der Waals surface area contributed by atoms with Crippen LogP contribution in [0.1, 0.15) is 81.4 Å². The molecule has 5 heteroatoms. The number of allylic oxidation sites excluding steroid dienone is 2. The van der Waals surface area contributed by atoms with Crippen LogP contribution in [0.25, 0.3) is 11.6 Å². The average Bonchev–Trinajstić information content (AvgIpc) is 2.90. The summed E-state index contributed by atoms with van der Waals surface area (Å²) in [6.45, 7) is 7.03. The second kappa shape index (κ2) is 11.6. The molecule has 2 heterocycles. The number of halogens is 2. The molecule has 1 atom stereocenters. The molecule has 2 aromatic carbocycles. The topological polar surface area (TPSA) is 23.6 Å². The van der Waals surface area contributed by atoms with Gasteiger partial charge in [-0.2, -0.15) is 0 Å². The fraction of sp³-hybridized carbons (Fsp3) is 0.406. The van der Waals surface area contributed by atoms with Crippen molar-refractivity contribution in [3.63, 3.8) is 0 Å². The SMILES string of the molecule is CCC/C=C/c1ccc(C2=C(C)C3=C(CCN(N4CCCCC4)C3=O)CC2c2ccc(Cl)cc2Cl)cc1. The lowest BCUT2D eigenvalue weighted by molar-refractivity contribution is -0.147. The number of benzene rings is 2. The van der Waals surface area contributed by atoms with E-state index in [0.29, 0.717) is 10.0 Å². The van der Waals surface area contributed by atoms with E-state index in [-0.39, 0.29) is 11.8 Å². The fourth-order valence-corrected chi connectivity index (χ4v) is 6.68. The van der Waals surface area contributed by atoms with Crippen molar-refractivity contribution in [3.8, 4) is 0 Å². The number of carbonyl (C=O) groups excluding carboxylic acids is 1. The van der Waals surface area contributed by atoms with Gasteiger partial charge in [0.25, 0.3) is 5.91 Å². The molecule has 5 rings (SSSR count). The van der Waals surface area contributed by atoms with E-state index in [1.165, 1.54) is 23.1 Å². The normalized spacial score (nSPS) is 21.2. The first kappa shape index (κ1) is 26.3. The van der Waals surface area contributed by atoms with E-state index in [4.69, 9.17) is 23.2 Å². The Hall–Kier alpha value is -2.33. The summed E-state index contributed by atoms with van der Waals surface area (Å²) in [5.74, 6) is 0.247. The lowest BCUT2D eigenvalue weighted by Gasteiger charge is -2.43. The third-order valence-corrected chi connectivity index (χ3v) is 8.57. The maximum atomic E-state index is 13.9. The van der Waals surface area contributed by atoms with E-state index in [1.54, 1.807) is 0 Å². The molecule has 0 bridgehead atoms. The number of hydrogen-bond donors (Lipinski definition) is 0. The van der Waals surface area contributed by atoms with Crippen molar-refractivity contribution in [3.05, 3.63) is 92.0 Å². The van der Waals surface area contributed by atoms with Crippen LogP contribution < -0.4 is 0 Å². The van der Waals surface area contributed by atoms with E-state index in [1.807, 2.05) is 17.1 Å². The second-order valence-electron chi connectivity index (χ2n) is 10.4. The molecule has 194 valence electrons. The van der Waals surface area contributed by atoms with Crippen molar-refractivity contribution in [1.29, 1.82) is 0 Å². The molecule has 0 radical (unpaired) electrons. The molecular weight excluding hydrogens is 499 g/mol. The highest BCUT2D eigenvalue weighted by Crippen LogP contribution is 2.49. The Kier molecular flexibility index (Phi) is 8.24. The summed E-state index contributed by atoms with van der Waals surface area (Å²) in [6.07, 6.45) is 11.9. The Morgan fingerprint density at radius 1 is 1.00 bits per heavy atom. The quantitative estimate of drug-likeness (QED) is 0.369. The third-order valence-electron chi connectivity index (χ3n) is 8.00. The summed E-state index contributed by atoms with van der Waals surface area (Å²) in [4.78, 5) is 13.9. The van der Waals surface area contributed by atoms with Gasteiger partial charge < -0.3 is 0 Å². The van der Waals surface area contributed by atoms with Gasteiger partial charge in [0, 0.05) is 41.2 Å². The first-order valence-electron chi connectivity index (χ1n) is 13.7. The van der Waals surface area contributed by atoms with Crippen molar-refractivity contribution in [2.24, 2.45) is 0 Å². The van der Waals surface area contributed by atoms with E-state index >= 15 is 0 Å². The van der Waals surface area contributed by atoms with Crippen molar-refractivity contribution < 1.29 is 4.79 Å². The number of amides is 1. The van der Waals surface area contributed by atoms with Crippen LogP contribution in [0.5, 0.6) is 0 Å². The lowest BCUT2D eigenvalue weighted by atomic mass is 9.71. The van der Waals surface area contributed by atoms with E-state index < -0.39 is 0 Å². The minimum atomic E-state index is 0.0827. The highest BCUT2D eigenvalue weighted by Gasteiger charge is 2.38. The summed E-state index contributed by atoms with van der Waals surface area (Å²) in [7, 11) is 0. The van der Waals surface area contributed by atoms with Gasteiger partial charge in [0.1, 0.15) is 0 Å². The number of hydrogen-bond acceptors (Lipinski definition) is 2. The number of hydrazine groups is 1. The van der Waals surface area contributed by atoms with Gasteiger partial charge in [-0.1, -0.05) is 91.0 Å². The van der Waals surface area contributed by atoms with Crippen molar-refractivity contribution in [2.75, 3.05) is 19.6 Å². The molecule has 1 aliphatic carbocycles. The van der Waals surface area contributed by atoms with Crippen LogP contribution >= 0.6 is 23.2 Å². The lowest BCUT2D eigenvalue weighted by Crippen LogP contribution is -2.52. The summed E-state index contributed by atoms with van der Waals surface area (Å²) in [5, 5.41) is 5.63. The molecular formula is C32H36Cl2N2O. The Balaban J connectivity index is 1.57. The second-order valence-corrected chi connectivity index (χ2v) is 11.3. The molecule has 1 saturated heterocycles. The maximum Gasteiger partial charge on any atom is 0.268 e. The molecule has 2 aromatic rings. The molecule has 37 heavy (non-hydrogen) atoms. The largest absolute Gasteiger partial charge is 0.271 e. The molecule has 1 fully saturated rings. The van der Waals surface area contributed by atoms with Crippen LogP contribution in [0, 0.1) is 0 Å². The summed E-state index contributed by atoms with van der Waals surface area (Å²) in [6, 6.07) is 14.6. The minimum absolute atomic E-state index is 0.0827.